The number of aliphatic hydroxyl groups is 2. The molecular weight excluding hydrogens is 898 g/mol. The summed E-state index contributed by atoms with van der Waals surface area (Å²) in [6.45, 7) is 0.469. The fourth-order valence-electron chi connectivity index (χ4n) is 5.07. The van der Waals surface area contributed by atoms with Gasteiger partial charge >= 0.3 is 7.12 Å². The molecule has 21 heteroatoms. The van der Waals surface area contributed by atoms with E-state index in [0.717, 1.165) is 3.57 Å². The maximum Gasteiger partial charge on any atom is 0.475 e. The van der Waals surface area contributed by atoms with Crippen molar-refractivity contribution in [3.63, 3.8) is 0 Å². The van der Waals surface area contributed by atoms with Crippen LogP contribution in [0.15, 0.2) is 24.3 Å². The summed E-state index contributed by atoms with van der Waals surface area (Å²) >= 11 is 5.39. The van der Waals surface area contributed by atoms with Gasteiger partial charge in [-0.1, -0.05) is 42.1 Å². The third kappa shape index (κ3) is 20.4. The number of hydrogen-bond donors (Lipinski definition) is 11. The van der Waals surface area contributed by atoms with Crippen molar-refractivity contribution in [1.82, 2.24) is 31.9 Å². The van der Waals surface area contributed by atoms with Crippen molar-refractivity contribution in [2.75, 3.05) is 25.1 Å². The number of nitrogens with one attached hydrogen (secondary N) is 6. The Morgan fingerprint density at radius 2 is 1.25 bits per heavy atom. The van der Waals surface area contributed by atoms with E-state index >= 15 is 0 Å². The molecule has 0 spiro atoms. The Morgan fingerprint density at radius 3 is 1.80 bits per heavy atom. The minimum atomic E-state index is -1.86. The molecule has 1 rings (SSSR count). The van der Waals surface area contributed by atoms with Gasteiger partial charge in [0, 0.05) is 33.9 Å². The highest BCUT2D eigenvalue weighted by Gasteiger charge is 2.33. The van der Waals surface area contributed by atoms with E-state index in [0.29, 0.717) is 56.0 Å². The largest absolute Gasteiger partial charge is 0.475 e. The van der Waals surface area contributed by atoms with Crippen LogP contribution in [-0.4, -0.2) is 124 Å². The van der Waals surface area contributed by atoms with E-state index in [1.165, 1.54) is 0 Å². The third-order valence-electron chi connectivity index (χ3n) is 8.25. The van der Waals surface area contributed by atoms with E-state index in [-0.39, 0.29) is 38.0 Å². The van der Waals surface area contributed by atoms with Crippen LogP contribution in [0.25, 0.3) is 0 Å². The van der Waals surface area contributed by atoms with Crippen LogP contribution in [0.4, 0.5) is 0 Å². The molecule has 7 amide bonds. The Labute approximate surface area is 343 Å². The van der Waals surface area contributed by atoms with Crippen molar-refractivity contribution < 1.29 is 53.8 Å². The molecule has 0 aliphatic carbocycles. The number of aliphatic hydroxyl groups excluding tert-OH is 2. The number of rotatable bonds is 28. The van der Waals surface area contributed by atoms with Gasteiger partial charge in [0.05, 0.1) is 19.2 Å². The molecule has 1 aromatic rings. The van der Waals surface area contributed by atoms with Crippen LogP contribution in [0.2, 0.25) is 0 Å². The maximum absolute atomic E-state index is 13.4. The highest BCUT2D eigenvalue weighted by molar-refractivity contribution is 14.1. The predicted octanol–water partition coefficient (Wildman–Crippen LogP) is -1.37. The van der Waals surface area contributed by atoms with Crippen LogP contribution in [0.1, 0.15) is 87.9 Å². The van der Waals surface area contributed by atoms with Crippen LogP contribution in [0.3, 0.4) is 0 Å². The Balaban J connectivity index is 2.80. The second-order valence-corrected chi connectivity index (χ2v) is 14.8. The van der Waals surface area contributed by atoms with Crippen LogP contribution >= 0.6 is 38.5 Å². The smallest absolute Gasteiger partial charge is 0.426 e. The molecule has 0 saturated heterocycles. The lowest BCUT2D eigenvalue weighted by Crippen LogP contribution is -2.60. The first kappa shape index (κ1) is 49.6. The van der Waals surface area contributed by atoms with Gasteiger partial charge in [0.1, 0.15) is 24.2 Å². The highest BCUT2D eigenvalue weighted by Crippen LogP contribution is 2.09. The standard InChI is InChI=1S/C34H54BBrIN7O11/c1-2-3-8-23(32(51)44-27(35(54)55)9-7-17-36)41-31(50)24(15-16-28(38)47)42-34(53)26(20-46)43-33(52)25(19-45)40-29(48)10-5-4-6-18-39-30(49)21-11-13-22(37)14-12-21/h11-14,23-27,45-46,54-55H,2-10,15-20H2,1H3,(H2,38,47)(H,39,49)(H,40,48)(H,41,50)(H,42,53)(H,43,52)(H,44,51)/t23-,24-,25-,26-,27+/m0/s1/i37-2. The first-order chi connectivity index (χ1) is 26.2. The second-order valence-electron chi connectivity index (χ2n) is 12.7. The number of carbonyl (C=O) groups excluding carboxylic acids is 7. The molecule has 0 unspecified atom stereocenters. The normalized spacial score (nSPS) is 13.6. The van der Waals surface area contributed by atoms with E-state index in [9.17, 15) is 53.8 Å². The summed E-state index contributed by atoms with van der Waals surface area (Å²) in [6, 6.07) is 1.34. The number of halogens is 2. The topological polar surface area (TPSA) is 299 Å². The van der Waals surface area contributed by atoms with Gasteiger partial charge in [0.25, 0.3) is 5.91 Å². The number of amides is 7. The zero-order valence-electron chi connectivity index (χ0n) is 30.9. The minimum absolute atomic E-state index is 0.00474. The lowest BCUT2D eigenvalue weighted by Gasteiger charge is -2.26. The number of alkyl halides is 1. The Hall–Kier alpha value is -3.38. The molecule has 0 aliphatic rings. The number of nitrogens with two attached hydrogens (primary N) is 1. The van der Waals surface area contributed by atoms with Crippen molar-refractivity contribution in [1.29, 1.82) is 0 Å². The quantitative estimate of drug-likeness (QED) is 0.0202. The summed E-state index contributed by atoms with van der Waals surface area (Å²) in [5.74, 6) is -6.22. The van der Waals surface area contributed by atoms with Gasteiger partial charge in [-0.3, -0.25) is 33.6 Å². The van der Waals surface area contributed by atoms with Gasteiger partial charge < -0.3 is 57.9 Å². The van der Waals surface area contributed by atoms with Crippen molar-refractivity contribution in [3.8, 4) is 0 Å². The molecule has 0 heterocycles. The second kappa shape index (κ2) is 28.1. The molecule has 0 aromatic heterocycles. The number of carbonyl (C=O) groups is 7. The molecule has 0 bridgehead atoms. The Kier molecular flexibility index (Phi) is 25.4. The summed E-state index contributed by atoms with van der Waals surface area (Å²) in [5.41, 5.74) is 5.80. The molecule has 12 N–H and O–H groups in total. The van der Waals surface area contributed by atoms with Crippen LogP contribution in [0.5, 0.6) is 0 Å². The summed E-state index contributed by atoms with van der Waals surface area (Å²) in [7, 11) is -1.86. The summed E-state index contributed by atoms with van der Waals surface area (Å²) in [6.07, 6.45) is 3.00. The minimum Gasteiger partial charge on any atom is -0.426 e. The van der Waals surface area contributed by atoms with Gasteiger partial charge in [0.2, 0.25) is 35.4 Å². The van der Waals surface area contributed by atoms with E-state index in [2.05, 4.69) is 70.4 Å². The number of primary amides is 1. The molecule has 0 aliphatic heterocycles. The molecule has 0 saturated carbocycles. The molecule has 0 fully saturated rings. The van der Waals surface area contributed by atoms with Crippen molar-refractivity contribution in [3.05, 3.63) is 33.4 Å². The summed E-state index contributed by atoms with van der Waals surface area (Å²) in [4.78, 5) is 88.9. The van der Waals surface area contributed by atoms with E-state index in [4.69, 9.17) is 5.73 Å². The van der Waals surface area contributed by atoms with Crippen LogP contribution in [0, 0.1) is 3.57 Å². The molecule has 5 atom stereocenters. The van der Waals surface area contributed by atoms with E-state index in [1.807, 2.05) is 19.1 Å². The van der Waals surface area contributed by atoms with Gasteiger partial charge in [-0.15, -0.1) is 0 Å². The molecule has 1 aromatic carbocycles. The average molecular weight is 952 g/mol. The van der Waals surface area contributed by atoms with Gasteiger partial charge in [-0.2, -0.15) is 0 Å². The van der Waals surface area contributed by atoms with Crippen molar-refractivity contribution >= 4 is 87.0 Å². The van der Waals surface area contributed by atoms with Gasteiger partial charge in [-0.25, -0.2) is 0 Å². The zero-order chi connectivity index (χ0) is 41.3. The Bertz CT molecular complexity index is 1400. The SMILES string of the molecule is CCCC[C@H](NC(=O)[C@H](CCC(N)=O)NC(=O)[C@H](CO)NC(=O)[C@H](CO)NC(=O)CCCCCNC(=O)c1ccc([125I])cc1)C(=O)N[C@H](CCCBr)B(O)O. The average Bonchev–Trinajstić information content (AvgIpc) is 3.15. The fourth-order valence-corrected chi connectivity index (χ4v) is 5.76. The van der Waals surface area contributed by atoms with Crippen LogP contribution < -0.4 is 37.6 Å². The van der Waals surface area contributed by atoms with Gasteiger partial charge in [0.15, 0.2) is 0 Å². The molecule has 0 radical (unpaired) electrons. The fraction of sp³-hybridized carbons (Fsp3) is 0.618. The number of hydrogen-bond acceptors (Lipinski definition) is 11. The lowest BCUT2D eigenvalue weighted by molar-refractivity contribution is -0.136. The molecular formula is C34H54BBrIN7O11. The van der Waals surface area contributed by atoms with Crippen LogP contribution in [-0.2, 0) is 28.8 Å². The summed E-state index contributed by atoms with van der Waals surface area (Å²) < 4.78 is 1.01. The number of unbranched alkanes of at least 4 members (excludes halogenated alkanes) is 3. The lowest BCUT2D eigenvalue weighted by atomic mass is 9.76. The monoisotopic (exact) mass is 951 g/mol. The van der Waals surface area contributed by atoms with Crippen molar-refractivity contribution in [2.24, 2.45) is 5.73 Å². The molecule has 55 heavy (non-hydrogen) atoms. The third-order valence-corrected chi connectivity index (χ3v) is 9.53. The zero-order valence-corrected chi connectivity index (χ0v) is 34.6. The highest BCUT2D eigenvalue weighted by atomic mass is 125. The van der Waals surface area contributed by atoms with E-state index < -0.39 is 85.9 Å². The van der Waals surface area contributed by atoms with Crippen molar-refractivity contribution in [2.45, 2.75) is 108 Å². The predicted molar refractivity (Wildman–Crippen MR) is 215 cm³/mol. The molecule has 308 valence electrons. The Morgan fingerprint density at radius 1 is 0.709 bits per heavy atom. The first-order valence-electron chi connectivity index (χ1n) is 18.1. The van der Waals surface area contributed by atoms with Gasteiger partial charge in [-0.05, 0) is 85.4 Å². The summed E-state index contributed by atoms with van der Waals surface area (Å²) in [5, 5.41) is 54.5. The molecule has 18 nitrogen and oxygen atoms in total. The number of benzene rings is 1. The van der Waals surface area contributed by atoms with E-state index in [1.54, 1.807) is 12.1 Å². The maximum atomic E-state index is 13.4. The first-order valence-corrected chi connectivity index (χ1v) is 20.3.